The first-order chi connectivity index (χ1) is 8.36. The van der Waals surface area contributed by atoms with Gasteiger partial charge in [0.15, 0.2) is 0 Å². The van der Waals surface area contributed by atoms with E-state index in [0.717, 1.165) is 4.88 Å². The molecule has 0 saturated heterocycles. The van der Waals surface area contributed by atoms with Crippen molar-refractivity contribution in [3.63, 3.8) is 0 Å². The monoisotopic (exact) mass is 292 g/mol. The molecule has 84 valence electrons. The van der Waals surface area contributed by atoms with Gasteiger partial charge < -0.3 is 0 Å². The SMILES string of the molecule is S=Cc1ccc(-c2ccc(-c3cccs3)s2)s1. The van der Waals surface area contributed by atoms with Crippen LogP contribution in [0.2, 0.25) is 0 Å². The molecule has 0 spiro atoms. The molecule has 3 aromatic rings. The zero-order chi connectivity index (χ0) is 11.7. The van der Waals surface area contributed by atoms with Crippen molar-refractivity contribution in [1.82, 2.24) is 0 Å². The summed E-state index contributed by atoms with van der Waals surface area (Å²) in [6, 6.07) is 12.9. The van der Waals surface area contributed by atoms with Gasteiger partial charge in [0.25, 0.3) is 0 Å². The van der Waals surface area contributed by atoms with Crippen molar-refractivity contribution in [1.29, 1.82) is 0 Å². The van der Waals surface area contributed by atoms with Gasteiger partial charge >= 0.3 is 0 Å². The van der Waals surface area contributed by atoms with Crippen molar-refractivity contribution in [2.75, 3.05) is 0 Å². The van der Waals surface area contributed by atoms with E-state index in [2.05, 4.69) is 41.8 Å². The number of hydrogen-bond acceptors (Lipinski definition) is 4. The third-order valence-electron chi connectivity index (χ3n) is 2.36. The fourth-order valence-electron chi connectivity index (χ4n) is 1.57. The van der Waals surface area contributed by atoms with Crippen molar-refractivity contribution in [2.45, 2.75) is 0 Å². The molecule has 0 aliphatic rings. The Labute approximate surface area is 117 Å². The molecule has 0 radical (unpaired) electrons. The first kappa shape index (κ1) is 11.3. The molecule has 17 heavy (non-hydrogen) atoms. The number of thiophene rings is 3. The van der Waals surface area contributed by atoms with Crippen LogP contribution in [0.1, 0.15) is 4.88 Å². The molecule has 0 aromatic carbocycles. The van der Waals surface area contributed by atoms with Gasteiger partial charge in [-0.3, -0.25) is 0 Å². The minimum Gasteiger partial charge on any atom is -0.143 e. The lowest BCUT2D eigenvalue weighted by Gasteiger charge is -1.90. The van der Waals surface area contributed by atoms with Crippen LogP contribution < -0.4 is 0 Å². The molecular formula is C13H8S4. The summed E-state index contributed by atoms with van der Waals surface area (Å²) in [5.74, 6) is 0. The predicted octanol–water partition coefficient (Wildman–Crippen LogP) is 5.55. The van der Waals surface area contributed by atoms with E-state index in [1.165, 1.54) is 19.5 Å². The second kappa shape index (κ2) is 4.82. The maximum absolute atomic E-state index is 4.94. The quantitative estimate of drug-likeness (QED) is 0.570. The fraction of sp³-hybridized carbons (Fsp3) is 0. The van der Waals surface area contributed by atoms with Crippen molar-refractivity contribution in [3.8, 4) is 19.5 Å². The smallest absolute Gasteiger partial charge is 0.0449 e. The van der Waals surface area contributed by atoms with Gasteiger partial charge in [-0.05, 0) is 35.7 Å². The highest BCUT2D eigenvalue weighted by molar-refractivity contribution is 7.79. The first-order valence-electron chi connectivity index (χ1n) is 5.06. The Morgan fingerprint density at radius 3 is 2.18 bits per heavy atom. The Morgan fingerprint density at radius 2 is 1.53 bits per heavy atom. The van der Waals surface area contributed by atoms with Gasteiger partial charge in [-0.15, -0.1) is 34.0 Å². The maximum atomic E-state index is 4.94. The van der Waals surface area contributed by atoms with Gasteiger partial charge in [-0.2, -0.15) is 0 Å². The normalized spacial score (nSPS) is 10.6. The van der Waals surface area contributed by atoms with Gasteiger partial charge in [0.1, 0.15) is 0 Å². The van der Waals surface area contributed by atoms with Gasteiger partial charge in [-0.25, -0.2) is 0 Å². The van der Waals surface area contributed by atoms with Crippen molar-refractivity contribution in [3.05, 3.63) is 46.7 Å². The van der Waals surface area contributed by atoms with E-state index in [-0.39, 0.29) is 0 Å². The molecule has 0 nitrogen and oxygen atoms in total. The van der Waals surface area contributed by atoms with Gasteiger partial charge in [-0.1, -0.05) is 18.3 Å². The van der Waals surface area contributed by atoms with Crippen molar-refractivity contribution >= 4 is 51.6 Å². The Balaban J connectivity index is 1.97. The van der Waals surface area contributed by atoms with Crippen LogP contribution in [0.5, 0.6) is 0 Å². The molecule has 0 bridgehead atoms. The zero-order valence-corrected chi connectivity index (χ0v) is 12.0. The highest BCUT2D eigenvalue weighted by atomic mass is 32.1. The van der Waals surface area contributed by atoms with Crippen molar-refractivity contribution in [2.24, 2.45) is 0 Å². The van der Waals surface area contributed by atoms with E-state index in [1.54, 1.807) is 28.0 Å². The molecule has 3 aromatic heterocycles. The molecule has 4 heteroatoms. The third-order valence-corrected chi connectivity index (χ3v) is 6.14. The zero-order valence-electron chi connectivity index (χ0n) is 8.75. The third kappa shape index (κ3) is 2.26. The molecule has 0 aliphatic carbocycles. The van der Waals surface area contributed by atoms with Crippen LogP contribution in [0.25, 0.3) is 19.5 Å². The second-order valence-corrected chi connectivity index (χ2v) is 6.84. The molecule has 3 heterocycles. The van der Waals surface area contributed by atoms with E-state index in [4.69, 9.17) is 12.2 Å². The summed E-state index contributed by atoms with van der Waals surface area (Å²) in [6.45, 7) is 0. The number of thiocarbonyl (C=S) groups is 1. The van der Waals surface area contributed by atoms with E-state index >= 15 is 0 Å². The highest BCUT2D eigenvalue weighted by Crippen LogP contribution is 2.38. The number of hydrogen-bond donors (Lipinski definition) is 0. The van der Waals surface area contributed by atoms with Crippen LogP contribution in [-0.2, 0) is 0 Å². The molecule has 0 atom stereocenters. The predicted molar refractivity (Wildman–Crippen MR) is 83.7 cm³/mol. The highest BCUT2D eigenvalue weighted by Gasteiger charge is 2.07. The van der Waals surface area contributed by atoms with Gasteiger partial charge in [0, 0.05) is 29.8 Å². The summed E-state index contributed by atoms with van der Waals surface area (Å²) in [5.41, 5.74) is 0. The Kier molecular flexibility index (Phi) is 3.20. The van der Waals surface area contributed by atoms with E-state index in [1.807, 2.05) is 11.3 Å². The van der Waals surface area contributed by atoms with Crippen LogP contribution in [0.15, 0.2) is 41.8 Å². The average molecular weight is 292 g/mol. The van der Waals surface area contributed by atoms with Crippen LogP contribution in [0, 0.1) is 0 Å². The Morgan fingerprint density at radius 1 is 0.824 bits per heavy atom. The lowest BCUT2D eigenvalue weighted by atomic mass is 10.3. The molecule has 0 N–H and O–H groups in total. The molecule has 0 aliphatic heterocycles. The lowest BCUT2D eigenvalue weighted by Crippen LogP contribution is -1.60. The first-order valence-corrected chi connectivity index (χ1v) is 8.04. The van der Waals surface area contributed by atoms with Crippen LogP contribution in [0.3, 0.4) is 0 Å². The average Bonchev–Trinajstić information content (AvgIpc) is 3.09. The topological polar surface area (TPSA) is 0 Å². The Hall–Kier alpha value is -0.810. The van der Waals surface area contributed by atoms with Crippen LogP contribution in [0.4, 0.5) is 0 Å². The Bertz CT molecular complexity index is 628. The summed E-state index contributed by atoms with van der Waals surface area (Å²) >= 11 is 10.3. The molecule has 3 rings (SSSR count). The lowest BCUT2D eigenvalue weighted by molar-refractivity contribution is 1.91. The number of rotatable bonds is 3. The molecular weight excluding hydrogens is 284 g/mol. The van der Waals surface area contributed by atoms with Crippen LogP contribution in [-0.4, -0.2) is 5.37 Å². The minimum atomic E-state index is 1.15. The summed E-state index contributed by atoms with van der Waals surface area (Å²) in [6.07, 6.45) is 0. The largest absolute Gasteiger partial charge is 0.143 e. The summed E-state index contributed by atoms with van der Waals surface area (Å²) < 4.78 is 0. The molecule has 0 fully saturated rings. The van der Waals surface area contributed by atoms with E-state index < -0.39 is 0 Å². The van der Waals surface area contributed by atoms with Gasteiger partial charge in [0.2, 0.25) is 0 Å². The van der Waals surface area contributed by atoms with Gasteiger partial charge in [0.05, 0.1) is 0 Å². The fourth-order valence-corrected chi connectivity index (χ4v) is 4.55. The standard InChI is InChI=1S/C13H8S4/c14-8-9-3-4-12(16-9)13-6-5-11(17-13)10-2-1-7-15-10/h1-8H. The minimum absolute atomic E-state index is 1.15. The second-order valence-electron chi connectivity index (χ2n) is 3.46. The van der Waals surface area contributed by atoms with Crippen LogP contribution >= 0.6 is 46.2 Å². The molecule has 0 unspecified atom stereocenters. The summed E-state index contributed by atoms with van der Waals surface area (Å²) in [7, 11) is 0. The van der Waals surface area contributed by atoms with E-state index in [0.29, 0.717) is 0 Å². The van der Waals surface area contributed by atoms with E-state index in [9.17, 15) is 0 Å². The summed E-state index contributed by atoms with van der Waals surface area (Å²) in [5, 5.41) is 3.85. The molecule has 0 amide bonds. The van der Waals surface area contributed by atoms with Crippen molar-refractivity contribution < 1.29 is 0 Å². The molecule has 0 saturated carbocycles. The summed E-state index contributed by atoms with van der Waals surface area (Å²) in [4.78, 5) is 6.46. The maximum Gasteiger partial charge on any atom is 0.0449 e.